The van der Waals surface area contributed by atoms with Gasteiger partial charge in [0.05, 0.1) is 23.4 Å². The summed E-state index contributed by atoms with van der Waals surface area (Å²) in [5.41, 5.74) is 0.802. The molecule has 1 aromatic carbocycles. The third-order valence-electron chi connectivity index (χ3n) is 5.29. The molecule has 2 aliphatic rings. The monoisotopic (exact) mass is 422 g/mol. The van der Waals surface area contributed by atoms with E-state index in [0.29, 0.717) is 28.4 Å². The van der Waals surface area contributed by atoms with Crippen molar-refractivity contribution in [2.45, 2.75) is 19.0 Å². The zero-order valence-electron chi connectivity index (χ0n) is 15.7. The number of likely N-dealkylation sites (tertiary alicyclic amines) is 1. The lowest BCUT2D eigenvalue weighted by atomic mass is 10.1. The van der Waals surface area contributed by atoms with Crippen molar-refractivity contribution in [3.8, 4) is 11.3 Å². The normalized spacial score (nSPS) is 18.3. The van der Waals surface area contributed by atoms with Gasteiger partial charge in [-0.05, 0) is 38.1 Å². The lowest BCUT2D eigenvalue weighted by molar-refractivity contribution is -0.137. The van der Waals surface area contributed by atoms with Gasteiger partial charge >= 0.3 is 6.18 Å². The first-order chi connectivity index (χ1) is 13.8. The fourth-order valence-corrected chi connectivity index (χ4v) is 4.56. The van der Waals surface area contributed by atoms with Gasteiger partial charge in [0.15, 0.2) is 0 Å². The van der Waals surface area contributed by atoms with Crippen molar-refractivity contribution in [3.63, 3.8) is 0 Å². The van der Waals surface area contributed by atoms with E-state index < -0.39 is 11.7 Å². The molecule has 0 saturated carbocycles. The summed E-state index contributed by atoms with van der Waals surface area (Å²) in [5, 5.41) is 21.1. The molecule has 2 aromatic rings. The van der Waals surface area contributed by atoms with Crippen LogP contribution in [-0.2, 0) is 6.18 Å². The number of alkyl halides is 3. The van der Waals surface area contributed by atoms with Crippen LogP contribution in [0.15, 0.2) is 35.4 Å². The molecule has 1 saturated heterocycles. The third kappa shape index (κ3) is 4.16. The number of halogens is 3. The average Bonchev–Trinajstić information content (AvgIpc) is 3.41. The van der Waals surface area contributed by atoms with E-state index in [-0.39, 0.29) is 18.1 Å². The minimum atomic E-state index is -4.38. The van der Waals surface area contributed by atoms with Crippen molar-refractivity contribution in [3.05, 3.63) is 46.0 Å². The van der Waals surface area contributed by atoms with Crippen LogP contribution >= 0.6 is 11.3 Å². The topological polar surface area (TPSA) is 63.5 Å². The van der Waals surface area contributed by atoms with Gasteiger partial charge < -0.3 is 14.9 Å². The van der Waals surface area contributed by atoms with Crippen LogP contribution < -0.4 is 0 Å². The van der Waals surface area contributed by atoms with Gasteiger partial charge in [0.1, 0.15) is 16.6 Å². The van der Waals surface area contributed by atoms with Gasteiger partial charge in [0.25, 0.3) is 0 Å². The van der Waals surface area contributed by atoms with Crippen molar-refractivity contribution in [2.75, 3.05) is 32.7 Å². The van der Waals surface area contributed by atoms with Crippen LogP contribution in [0.3, 0.4) is 0 Å². The molecule has 5 nitrogen and oxygen atoms in total. The number of aromatic nitrogens is 1. The first-order valence-corrected chi connectivity index (χ1v) is 10.3. The molecule has 0 atom stereocenters. The number of aliphatic hydroxyl groups is 1. The third-order valence-corrected chi connectivity index (χ3v) is 6.15. The average molecular weight is 422 g/mol. The van der Waals surface area contributed by atoms with Crippen LogP contribution in [0.1, 0.15) is 23.4 Å². The Morgan fingerprint density at radius 1 is 1.10 bits per heavy atom. The molecule has 0 radical (unpaired) electrons. The Kier molecular flexibility index (Phi) is 5.35. The van der Waals surface area contributed by atoms with Crippen molar-refractivity contribution < 1.29 is 18.3 Å². The Morgan fingerprint density at radius 2 is 1.79 bits per heavy atom. The van der Waals surface area contributed by atoms with E-state index in [1.54, 1.807) is 5.38 Å². The van der Waals surface area contributed by atoms with Gasteiger partial charge in [0, 0.05) is 24.0 Å². The Bertz CT molecular complexity index is 930. The lowest BCUT2D eigenvalue weighted by Crippen LogP contribution is -2.35. The molecule has 4 rings (SSSR count). The Morgan fingerprint density at radius 3 is 2.45 bits per heavy atom. The van der Waals surface area contributed by atoms with Gasteiger partial charge in [-0.25, -0.2) is 4.98 Å². The van der Waals surface area contributed by atoms with Gasteiger partial charge in [0.2, 0.25) is 0 Å². The summed E-state index contributed by atoms with van der Waals surface area (Å²) in [7, 11) is 0. The maximum atomic E-state index is 12.7. The number of hydrogen-bond donors (Lipinski definition) is 2. The van der Waals surface area contributed by atoms with Gasteiger partial charge in [-0.1, -0.05) is 12.1 Å². The lowest BCUT2D eigenvalue weighted by Gasteiger charge is -2.22. The van der Waals surface area contributed by atoms with Crippen LogP contribution in [0.2, 0.25) is 0 Å². The zero-order valence-corrected chi connectivity index (χ0v) is 16.5. The maximum absolute atomic E-state index is 12.7. The summed E-state index contributed by atoms with van der Waals surface area (Å²) in [6, 6.07) is 4.84. The Labute approximate surface area is 170 Å². The molecule has 29 heavy (non-hydrogen) atoms. The molecule has 0 aliphatic carbocycles. The van der Waals surface area contributed by atoms with Crippen LogP contribution in [0.5, 0.6) is 0 Å². The van der Waals surface area contributed by atoms with Crippen molar-refractivity contribution in [2.24, 2.45) is 0 Å². The first kappa shape index (κ1) is 19.9. The van der Waals surface area contributed by atoms with Crippen LogP contribution in [0, 0.1) is 5.41 Å². The van der Waals surface area contributed by atoms with E-state index in [1.807, 2.05) is 4.90 Å². The second-order valence-electron chi connectivity index (χ2n) is 7.25. The van der Waals surface area contributed by atoms with E-state index in [0.717, 1.165) is 31.8 Å². The smallest absolute Gasteiger partial charge is 0.416 e. The van der Waals surface area contributed by atoms with E-state index in [1.165, 1.54) is 36.3 Å². The molecule has 0 unspecified atom stereocenters. The molecular weight excluding hydrogens is 401 g/mol. The molecule has 1 fully saturated rings. The van der Waals surface area contributed by atoms with Crippen molar-refractivity contribution in [1.29, 1.82) is 5.41 Å². The first-order valence-electron chi connectivity index (χ1n) is 9.45. The van der Waals surface area contributed by atoms with E-state index in [2.05, 4.69) is 9.88 Å². The molecule has 0 spiro atoms. The summed E-state index contributed by atoms with van der Waals surface area (Å²) >= 11 is 1.28. The summed E-state index contributed by atoms with van der Waals surface area (Å²) in [4.78, 5) is 8.66. The molecule has 0 bridgehead atoms. The van der Waals surface area contributed by atoms with Crippen LogP contribution in [-0.4, -0.2) is 58.4 Å². The van der Waals surface area contributed by atoms with Crippen molar-refractivity contribution >= 4 is 22.7 Å². The SMILES string of the molecule is N=C1C(c2nc(-c3ccc(C(F)(F)F)cc3)cs2)=C(O)CN1CCN1CCCC1. The number of hydrogen-bond acceptors (Lipinski definition) is 5. The predicted molar refractivity (Wildman–Crippen MR) is 107 cm³/mol. The minimum absolute atomic E-state index is 0.116. The molecule has 9 heteroatoms. The molecule has 1 aromatic heterocycles. The molecule has 3 heterocycles. The summed E-state index contributed by atoms with van der Waals surface area (Å²) < 4.78 is 38.2. The molecular formula is C20H21F3N4OS. The number of benzene rings is 1. The molecule has 154 valence electrons. The van der Waals surface area contributed by atoms with E-state index >= 15 is 0 Å². The summed E-state index contributed by atoms with van der Waals surface area (Å²) in [6.45, 7) is 3.98. The molecule has 2 N–H and O–H groups in total. The number of nitrogens with one attached hydrogen (secondary N) is 1. The zero-order chi connectivity index (χ0) is 20.6. The Balaban J connectivity index is 1.47. The number of rotatable bonds is 5. The van der Waals surface area contributed by atoms with Gasteiger partial charge in [-0.15, -0.1) is 11.3 Å². The largest absolute Gasteiger partial charge is 0.510 e. The minimum Gasteiger partial charge on any atom is -0.510 e. The number of aliphatic hydroxyl groups excluding tert-OH is 1. The van der Waals surface area contributed by atoms with Gasteiger partial charge in [-0.2, -0.15) is 13.2 Å². The fraction of sp³-hybridized carbons (Fsp3) is 0.400. The number of nitrogens with zero attached hydrogens (tertiary/aromatic N) is 3. The number of amidine groups is 1. The van der Waals surface area contributed by atoms with Crippen LogP contribution in [0.4, 0.5) is 13.2 Å². The van der Waals surface area contributed by atoms with E-state index in [9.17, 15) is 18.3 Å². The predicted octanol–water partition coefficient (Wildman–Crippen LogP) is 4.49. The quantitative estimate of drug-likeness (QED) is 0.746. The summed E-state index contributed by atoms with van der Waals surface area (Å²) in [5.74, 6) is 0.361. The van der Waals surface area contributed by atoms with E-state index in [4.69, 9.17) is 5.41 Å². The number of thiazole rings is 1. The standard InChI is InChI=1S/C20H21F3N4OS/c21-20(22,23)14-5-3-13(4-6-14)15-12-29-19(25-15)17-16(28)11-27(18(17)24)10-9-26-7-1-2-8-26/h3-6,12,24,28H,1-2,7-11H2. The molecule has 2 aliphatic heterocycles. The van der Waals surface area contributed by atoms with Crippen molar-refractivity contribution in [1.82, 2.24) is 14.8 Å². The highest BCUT2D eigenvalue weighted by atomic mass is 32.1. The second kappa shape index (κ2) is 7.79. The molecule has 0 amide bonds. The van der Waals surface area contributed by atoms with Gasteiger partial charge in [-0.3, -0.25) is 5.41 Å². The van der Waals surface area contributed by atoms with Crippen LogP contribution in [0.25, 0.3) is 16.8 Å². The Hall–Kier alpha value is -2.39. The maximum Gasteiger partial charge on any atom is 0.416 e. The highest BCUT2D eigenvalue weighted by molar-refractivity contribution is 7.11. The second-order valence-corrected chi connectivity index (χ2v) is 8.11. The fourth-order valence-electron chi connectivity index (χ4n) is 3.67. The highest BCUT2D eigenvalue weighted by Gasteiger charge is 2.31. The highest BCUT2D eigenvalue weighted by Crippen LogP contribution is 2.34. The summed E-state index contributed by atoms with van der Waals surface area (Å²) in [6.07, 6.45) is -1.96.